The van der Waals surface area contributed by atoms with E-state index in [0.717, 1.165) is 22.2 Å². The number of hydrogen-bond acceptors (Lipinski definition) is 4. The predicted molar refractivity (Wildman–Crippen MR) is 152 cm³/mol. The van der Waals surface area contributed by atoms with E-state index in [-0.39, 0.29) is 30.6 Å². The Morgan fingerprint density at radius 1 is 0.974 bits per heavy atom. The van der Waals surface area contributed by atoms with Crippen LogP contribution in [-0.2, 0) is 32.6 Å². The van der Waals surface area contributed by atoms with E-state index < -0.39 is 34.3 Å². The number of nitrogens with one attached hydrogen (secondary N) is 1. The van der Waals surface area contributed by atoms with Crippen LogP contribution in [0.3, 0.4) is 0 Å². The Labute approximate surface area is 234 Å². The molecule has 0 bridgehead atoms. The third-order valence-corrected chi connectivity index (χ3v) is 7.71. The van der Waals surface area contributed by atoms with E-state index in [2.05, 4.69) is 5.32 Å². The molecule has 3 aromatic rings. The van der Waals surface area contributed by atoms with E-state index in [1.807, 2.05) is 44.2 Å². The van der Waals surface area contributed by atoms with Gasteiger partial charge in [0, 0.05) is 24.0 Å². The molecule has 39 heavy (non-hydrogen) atoms. The van der Waals surface area contributed by atoms with E-state index >= 15 is 0 Å². The second-order valence-corrected chi connectivity index (χ2v) is 11.8. The standard InChI is InChI=1S/C29H33ClFN3O4S/c1-4-21(2)32-29(36)27(17-22-9-6-5-7-10-22)33(19-23-13-15-24(30)16-14-23)28(35)20-34(39(3,37)38)26-12-8-11-25(31)18-26/h5-16,18,21,27H,4,17,19-20H2,1-3H3,(H,32,36). The van der Waals surface area contributed by atoms with E-state index in [0.29, 0.717) is 17.0 Å². The number of amides is 2. The number of benzene rings is 3. The Balaban J connectivity index is 2.05. The van der Waals surface area contributed by atoms with Crippen molar-refractivity contribution in [2.75, 3.05) is 17.1 Å². The summed E-state index contributed by atoms with van der Waals surface area (Å²) in [7, 11) is -3.97. The number of hydrogen-bond donors (Lipinski definition) is 1. The van der Waals surface area contributed by atoms with Gasteiger partial charge in [-0.2, -0.15) is 0 Å². The minimum Gasteiger partial charge on any atom is -0.352 e. The zero-order chi connectivity index (χ0) is 28.6. The highest BCUT2D eigenvalue weighted by Crippen LogP contribution is 2.21. The van der Waals surface area contributed by atoms with Crippen LogP contribution in [0.5, 0.6) is 0 Å². The molecule has 0 aliphatic carbocycles. The van der Waals surface area contributed by atoms with Gasteiger partial charge in [0.1, 0.15) is 18.4 Å². The van der Waals surface area contributed by atoms with Crippen molar-refractivity contribution in [2.45, 2.75) is 45.3 Å². The molecule has 10 heteroatoms. The van der Waals surface area contributed by atoms with E-state index in [1.165, 1.54) is 23.1 Å². The lowest BCUT2D eigenvalue weighted by Crippen LogP contribution is -2.54. The van der Waals surface area contributed by atoms with Gasteiger partial charge in [-0.25, -0.2) is 12.8 Å². The zero-order valence-corrected chi connectivity index (χ0v) is 23.8. The molecular weight excluding hydrogens is 541 g/mol. The average Bonchev–Trinajstić information content (AvgIpc) is 2.90. The lowest BCUT2D eigenvalue weighted by Gasteiger charge is -2.34. The fourth-order valence-corrected chi connectivity index (χ4v) is 4.99. The minimum atomic E-state index is -3.97. The predicted octanol–water partition coefficient (Wildman–Crippen LogP) is 4.80. The van der Waals surface area contributed by atoms with Crippen molar-refractivity contribution in [1.29, 1.82) is 0 Å². The average molecular weight is 574 g/mol. The number of carbonyl (C=O) groups is 2. The first-order valence-corrected chi connectivity index (χ1v) is 14.8. The van der Waals surface area contributed by atoms with Crippen molar-refractivity contribution in [1.82, 2.24) is 10.2 Å². The number of rotatable bonds is 12. The Morgan fingerprint density at radius 2 is 1.64 bits per heavy atom. The highest BCUT2D eigenvalue weighted by molar-refractivity contribution is 7.92. The summed E-state index contributed by atoms with van der Waals surface area (Å²) in [5, 5.41) is 3.48. The summed E-state index contributed by atoms with van der Waals surface area (Å²) in [6.45, 7) is 3.23. The molecule has 7 nitrogen and oxygen atoms in total. The van der Waals surface area contributed by atoms with Crippen molar-refractivity contribution in [3.05, 3.63) is 101 Å². The fraction of sp³-hybridized carbons (Fsp3) is 0.310. The molecule has 208 valence electrons. The number of carbonyl (C=O) groups excluding carboxylic acids is 2. The van der Waals surface area contributed by atoms with Gasteiger partial charge in [0.2, 0.25) is 21.8 Å². The summed E-state index contributed by atoms with van der Waals surface area (Å²) in [4.78, 5) is 28.9. The van der Waals surface area contributed by atoms with Gasteiger partial charge in [0.05, 0.1) is 11.9 Å². The highest BCUT2D eigenvalue weighted by atomic mass is 35.5. The summed E-state index contributed by atoms with van der Waals surface area (Å²) in [5.74, 6) is -1.60. The molecule has 0 spiro atoms. The maximum atomic E-state index is 14.0. The van der Waals surface area contributed by atoms with Crippen LogP contribution in [0.25, 0.3) is 0 Å². The second kappa shape index (κ2) is 13.6. The lowest BCUT2D eigenvalue weighted by atomic mass is 10.0. The first-order chi connectivity index (χ1) is 18.5. The Morgan fingerprint density at radius 3 is 2.23 bits per heavy atom. The highest BCUT2D eigenvalue weighted by Gasteiger charge is 2.33. The SMILES string of the molecule is CCC(C)NC(=O)C(Cc1ccccc1)N(Cc1ccc(Cl)cc1)C(=O)CN(c1cccc(F)c1)S(C)(=O)=O. The third kappa shape index (κ3) is 8.80. The Hall–Kier alpha value is -3.43. The summed E-state index contributed by atoms with van der Waals surface area (Å²) in [6.07, 6.45) is 1.85. The number of halogens is 2. The van der Waals surface area contributed by atoms with E-state index in [4.69, 9.17) is 11.6 Å². The van der Waals surface area contributed by atoms with E-state index in [9.17, 15) is 22.4 Å². The normalized spacial score (nSPS) is 12.8. The number of nitrogens with zero attached hydrogens (tertiary/aromatic N) is 2. The quantitative estimate of drug-likeness (QED) is 0.337. The van der Waals surface area contributed by atoms with Gasteiger partial charge in [-0.05, 0) is 54.8 Å². The van der Waals surface area contributed by atoms with Crippen molar-refractivity contribution >= 4 is 39.1 Å². The maximum absolute atomic E-state index is 14.0. The summed E-state index contributed by atoms with van der Waals surface area (Å²) in [6, 6.07) is 20.1. The van der Waals surface area contributed by atoms with Gasteiger partial charge in [0.15, 0.2) is 0 Å². The monoisotopic (exact) mass is 573 g/mol. The molecule has 2 unspecified atom stereocenters. The van der Waals surface area contributed by atoms with Crippen LogP contribution in [0.1, 0.15) is 31.4 Å². The molecule has 0 saturated heterocycles. The van der Waals surface area contributed by atoms with Gasteiger partial charge in [0.25, 0.3) is 0 Å². The largest absolute Gasteiger partial charge is 0.352 e. The molecule has 3 aromatic carbocycles. The van der Waals surface area contributed by atoms with Crippen LogP contribution in [0.15, 0.2) is 78.9 Å². The first-order valence-electron chi connectivity index (χ1n) is 12.6. The van der Waals surface area contributed by atoms with E-state index in [1.54, 1.807) is 24.3 Å². The van der Waals surface area contributed by atoms with Crippen molar-refractivity contribution in [3.8, 4) is 0 Å². The third-order valence-electron chi connectivity index (χ3n) is 6.31. The van der Waals surface area contributed by atoms with Crippen LogP contribution < -0.4 is 9.62 Å². The second-order valence-electron chi connectivity index (χ2n) is 9.42. The summed E-state index contributed by atoms with van der Waals surface area (Å²) < 4.78 is 40.3. The Bertz CT molecular complexity index is 1370. The van der Waals surface area contributed by atoms with Gasteiger partial charge >= 0.3 is 0 Å². The number of sulfonamides is 1. The lowest BCUT2D eigenvalue weighted by molar-refractivity contribution is -0.140. The van der Waals surface area contributed by atoms with Gasteiger partial charge in [-0.15, -0.1) is 0 Å². The molecule has 0 saturated carbocycles. The smallest absolute Gasteiger partial charge is 0.244 e. The molecule has 2 atom stereocenters. The van der Waals surface area contributed by atoms with Crippen LogP contribution in [0, 0.1) is 5.82 Å². The topological polar surface area (TPSA) is 86.8 Å². The van der Waals surface area contributed by atoms with Crippen LogP contribution >= 0.6 is 11.6 Å². The first kappa shape index (κ1) is 30.1. The minimum absolute atomic E-state index is 0.0148. The van der Waals surface area contributed by atoms with Gasteiger partial charge in [-0.3, -0.25) is 13.9 Å². The van der Waals surface area contributed by atoms with Crippen LogP contribution in [0.4, 0.5) is 10.1 Å². The fourth-order valence-electron chi connectivity index (χ4n) is 4.03. The van der Waals surface area contributed by atoms with Crippen molar-refractivity contribution in [2.24, 2.45) is 0 Å². The van der Waals surface area contributed by atoms with Crippen LogP contribution in [0.2, 0.25) is 5.02 Å². The molecule has 2 amide bonds. The molecule has 0 heterocycles. The van der Waals surface area contributed by atoms with Crippen LogP contribution in [-0.4, -0.2) is 50.0 Å². The summed E-state index contributed by atoms with van der Waals surface area (Å²) >= 11 is 6.06. The molecule has 0 aliphatic heterocycles. The molecule has 0 fully saturated rings. The Kier molecular flexibility index (Phi) is 10.5. The molecular formula is C29H33ClFN3O4S. The molecule has 0 aromatic heterocycles. The number of anilines is 1. The zero-order valence-electron chi connectivity index (χ0n) is 22.2. The summed E-state index contributed by atoms with van der Waals surface area (Å²) in [5.41, 5.74) is 1.56. The van der Waals surface area contributed by atoms with Gasteiger partial charge < -0.3 is 10.2 Å². The molecule has 1 N–H and O–H groups in total. The maximum Gasteiger partial charge on any atom is 0.244 e. The molecule has 0 radical (unpaired) electrons. The van der Waals surface area contributed by atoms with Crippen molar-refractivity contribution < 1.29 is 22.4 Å². The van der Waals surface area contributed by atoms with Crippen molar-refractivity contribution in [3.63, 3.8) is 0 Å². The molecule has 0 aliphatic rings. The van der Waals surface area contributed by atoms with Gasteiger partial charge in [-0.1, -0.05) is 67.1 Å². The molecule has 3 rings (SSSR count).